The van der Waals surface area contributed by atoms with Crippen molar-refractivity contribution in [2.45, 2.75) is 0 Å². The van der Waals surface area contributed by atoms with Crippen molar-refractivity contribution in [1.82, 2.24) is 15.0 Å². The average Bonchev–Trinajstić information content (AvgIpc) is 3.05. The molecule has 0 saturated heterocycles. The SMILES string of the molecule is COc1cccc(-c2c(C#N)nnn2-c2ccccc2OC)c1. The smallest absolute Gasteiger partial charge is 0.191 e. The number of benzene rings is 2. The summed E-state index contributed by atoms with van der Waals surface area (Å²) in [7, 11) is 3.19. The van der Waals surface area contributed by atoms with Crippen molar-refractivity contribution in [3.05, 3.63) is 54.2 Å². The molecule has 6 heteroatoms. The minimum Gasteiger partial charge on any atom is -0.497 e. The molecule has 3 rings (SSSR count). The fourth-order valence-electron chi connectivity index (χ4n) is 2.36. The molecule has 0 saturated carbocycles. The summed E-state index contributed by atoms with van der Waals surface area (Å²) >= 11 is 0. The number of aromatic nitrogens is 3. The van der Waals surface area contributed by atoms with Crippen LogP contribution in [0.1, 0.15) is 5.69 Å². The molecule has 1 aromatic heterocycles. The van der Waals surface area contributed by atoms with E-state index in [1.54, 1.807) is 18.9 Å². The van der Waals surface area contributed by atoms with E-state index in [0.717, 1.165) is 5.56 Å². The largest absolute Gasteiger partial charge is 0.497 e. The molecule has 0 spiro atoms. The zero-order chi connectivity index (χ0) is 16.2. The van der Waals surface area contributed by atoms with Gasteiger partial charge in [0.05, 0.1) is 14.2 Å². The maximum atomic E-state index is 9.36. The van der Waals surface area contributed by atoms with Gasteiger partial charge < -0.3 is 9.47 Å². The molecule has 0 bridgehead atoms. The molecule has 0 atom stereocenters. The Hall–Kier alpha value is -3.33. The Labute approximate surface area is 133 Å². The molecule has 114 valence electrons. The highest BCUT2D eigenvalue weighted by Crippen LogP contribution is 2.30. The molecule has 3 aromatic rings. The maximum absolute atomic E-state index is 9.36. The second-order valence-corrected chi connectivity index (χ2v) is 4.71. The summed E-state index contributed by atoms with van der Waals surface area (Å²) in [4.78, 5) is 0. The van der Waals surface area contributed by atoms with Crippen LogP contribution in [0.2, 0.25) is 0 Å². The Morgan fingerprint density at radius 3 is 2.61 bits per heavy atom. The Balaban J connectivity index is 2.24. The summed E-state index contributed by atoms with van der Waals surface area (Å²) in [6, 6.07) is 16.9. The molecule has 2 aromatic carbocycles. The molecular weight excluding hydrogens is 292 g/mol. The van der Waals surface area contributed by atoms with E-state index in [1.165, 1.54) is 0 Å². The van der Waals surface area contributed by atoms with Crippen molar-refractivity contribution >= 4 is 0 Å². The molecule has 0 aliphatic rings. The molecule has 0 fully saturated rings. The van der Waals surface area contributed by atoms with Crippen LogP contribution in [0.4, 0.5) is 0 Å². The summed E-state index contributed by atoms with van der Waals surface area (Å²) in [5.74, 6) is 1.34. The zero-order valence-corrected chi connectivity index (χ0v) is 12.7. The van der Waals surface area contributed by atoms with Gasteiger partial charge in [0.1, 0.15) is 28.9 Å². The molecular formula is C17H14N4O2. The fraction of sp³-hybridized carbons (Fsp3) is 0.118. The maximum Gasteiger partial charge on any atom is 0.191 e. The van der Waals surface area contributed by atoms with Gasteiger partial charge in [-0.05, 0) is 24.3 Å². The summed E-state index contributed by atoms with van der Waals surface area (Å²) in [5.41, 5.74) is 2.33. The van der Waals surface area contributed by atoms with Gasteiger partial charge in [-0.2, -0.15) is 5.26 Å². The summed E-state index contributed by atoms with van der Waals surface area (Å²) in [5, 5.41) is 17.5. The summed E-state index contributed by atoms with van der Waals surface area (Å²) in [6.07, 6.45) is 0. The minimum absolute atomic E-state index is 0.240. The third-order valence-corrected chi connectivity index (χ3v) is 3.43. The molecule has 0 N–H and O–H groups in total. The number of methoxy groups -OCH3 is 2. The Bertz CT molecular complexity index is 880. The van der Waals surface area contributed by atoms with E-state index in [4.69, 9.17) is 9.47 Å². The number of nitrogens with zero attached hydrogens (tertiary/aromatic N) is 4. The lowest BCUT2D eigenvalue weighted by Crippen LogP contribution is -2.02. The third kappa shape index (κ3) is 2.60. The van der Waals surface area contributed by atoms with Gasteiger partial charge in [-0.1, -0.05) is 29.5 Å². The molecule has 0 aliphatic carbocycles. The Morgan fingerprint density at radius 1 is 1.04 bits per heavy atom. The molecule has 0 amide bonds. The van der Waals surface area contributed by atoms with Crippen molar-refractivity contribution in [2.24, 2.45) is 0 Å². The van der Waals surface area contributed by atoms with E-state index in [2.05, 4.69) is 16.4 Å². The quantitative estimate of drug-likeness (QED) is 0.741. The lowest BCUT2D eigenvalue weighted by atomic mass is 10.1. The van der Waals surface area contributed by atoms with Crippen molar-refractivity contribution in [2.75, 3.05) is 14.2 Å². The van der Waals surface area contributed by atoms with E-state index in [1.807, 2.05) is 48.5 Å². The Morgan fingerprint density at radius 2 is 1.87 bits per heavy atom. The molecule has 23 heavy (non-hydrogen) atoms. The standard InChI is InChI=1S/C17H14N4O2/c1-22-13-7-5-6-12(10-13)17-14(11-18)19-20-21(17)15-8-3-4-9-16(15)23-2/h3-10H,1-2H3. The normalized spacial score (nSPS) is 10.1. The minimum atomic E-state index is 0.240. The number of hydrogen-bond acceptors (Lipinski definition) is 5. The first kappa shape index (κ1) is 14.6. The third-order valence-electron chi connectivity index (χ3n) is 3.43. The number of hydrogen-bond donors (Lipinski definition) is 0. The fourth-order valence-corrected chi connectivity index (χ4v) is 2.36. The average molecular weight is 306 g/mol. The van der Waals surface area contributed by atoms with Gasteiger partial charge in [-0.3, -0.25) is 0 Å². The van der Waals surface area contributed by atoms with Crippen molar-refractivity contribution < 1.29 is 9.47 Å². The predicted octanol–water partition coefficient (Wildman–Crippen LogP) is 2.82. The van der Waals surface area contributed by atoms with E-state index in [0.29, 0.717) is 22.9 Å². The van der Waals surface area contributed by atoms with E-state index in [-0.39, 0.29) is 5.69 Å². The second kappa shape index (κ2) is 6.20. The molecule has 0 radical (unpaired) electrons. The van der Waals surface area contributed by atoms with Gasteiger partial charge in [-0.25, -0.2) is 4.68 Å². The molecule has 0 unspecified atom stereocenters. The number of para-hydroxylation sites is 2. The highest BCUT2D eigenvalue weighted by Gasteiger charge is 2.18. The lowest BCUT2D eigenvalue weighted by Gasteiger charge is -2.11. The van der Waals surface area contributed by atoms with Crippen molar-refractivity contribution in [3.63, 3.8) is 0 Å². The second-order valence-electron chi connectivity index (χ2n) is 4.71. The summed E-state index contributed by atoms with van der Waals surface area (Å²) < 4.78 is 12.2. The first-order valence-corrected chi connectivity index (χ1v) is 6.92. The topological polar surface area (TPSA) is 73.0 Å². The van der Waals surface area contributed by atoms with Gasteiger partial charge in [0.25, 0.3) is 0 Å². The Kier molecular flexibility index (Phi) is 3.93. The van der Waals surface area contributed by atoms with Crippen LogP contribution in [0.25, 0.3) is 16.9 Å². The van der Waals surface area contributed by atoms with Crippen LogP contribution < -0.4 is 9.47 Å². The van der Waals surface area contributed by atoms with Crippen LogP contribution in [0.5, 0.6) is 11.5 Å². The van der Waals surface area contributed by atoms with Gasteiger partial charge >= 0.3 is 0 Å². The van der Waals surface area contributed by atoms with E-state index in [9.17, 15) is 5.26 Å². The molecule has 1 heterocycles. The number of ether oxygens (including phenoxy) is 2. The van der Waals surface area contributed by atoms with Crippen molar-refractivity contribution in [1.29, 1.82) is 5.26 Å². The molecule has 6 nitrogen and oxygen atoms in total. The van der Waals surface area contributed by atoms with E-state index >= 15 is 0 Å². The van der Waals surface area contributed by atoms with Gasteiger partial charge in [0.15, 0.2) is 5.69 Å². The van der Waals surface area contributed by atoms with Crippen LogP contribution in [-0.4, -0.2) is 29.2 Å². The van der Waals surface area contributed by atoms with Crippen LogP contribution in [0, 0.1) is 11.3 Å². The van der Waals surface area contributed by atoms with E-state index < -0.39 is 0 Å². The van der Waals surface area contributed by atoms with Gasteiger partial charge in [0.2, 0.25) is 0 Å². The summed E-state index contributed by atoms with van der Waals surface area (Å²) in [6.45, 7) is 0. The predicted molar refractivity (Wildman–Crippen MR) is 84.6 cm³/mol. The van der Waals surface area contributed by atoms with Crippen LogP contribution in [-0.2, 0) is 0 Å². The molecule has 0 aliphatic heterocycles. The lowest BCUT2D eigenvalue weighted by molar-refractivity contribution is 0.411. The zero-order valence-electron chi connectivity index (χ0n) is 12.7. The number of nitriles is 1. The van der Waals surface area contributed by atoms with Crippen LogP contribution in [0.15, 0.2) is 48.5 Å². The monoisotopic (exact) mass is 306 g/mol. The van der Waals surface area contributed by atoms with Gasteiger partial charge in [-0.15, -0.1) is 5.10 Å². The first-order chi connectivity index (χ1) is 11.3. The van der Waals surface area contributed by atoms with Crippen LogP contribution >= 0.6 is 0 Å². The van der Waals surface area contributed by atoms with Gasteiger partial charge in [0, 0.05) is 5.56 Å². The first-order valence-electron chi connectivity index (χ1n) is 6.92. The highest BCUT2D eigenvalue weighted by molar-refractivity contribution is 5.69. The van der Waals surface area contributed by atoms with Crippen molar-refractivity contribution in [3.8, 4) is 34.5 Å². The van der Waals surface area contributed by atoms with Crippen LogP contribution in [0.3, 0.4) is 0 Å². The number of rotatable bonds is 4. The highest BCUT2D eigenvalue weighted by atomic mass is 16.5.